The third-order valence-electron chi connectivity index (χ3n) is 3.94. The summed E-state index contributed by atoms with van der Waals surface area (Å²) in [6.07, 6.45) is 10.7. The van der Waals surface area contributed by atoms with E-state index in [-0.39, 0.29) is 5.24 Å². The van der Waals surface area contributed by atoms with Crippen molar-refractivity contribution in [1.29, 1.82) is 0 Å². The fraction of sp³-hybridized carbons (Fsp3) is 0.941. The van der Waals surface area contributed by atoms with Crippen LogP contribution in [0.15, 0.2) is 0 Å². The summed E-state index contributed by atoms with van der Waals surface area (Å²) >= 11 is 5.34. The van der Waals surface area contributed by atoms with Crippen molar-refractivity contribution in [3.63, 3.8) is 0 Å². The molecule has 0 unspecified atom stereocenters. The van der Waals surface area contributed by atoms with Crippen LogP contribution in [-0.4, -0.2) is 5.24 Å². The van der Waals surface area contributed by atoms with Crippen LogP contribution in [0, 0.1) is 17.8 Å². The Morgan fingerprint density at radius 1 is 0.789 bits per heavy atom. The largest absolute Gasteiger partial charge is 0.281 e. The first-order chi connectivity index (χ1) is 8.91. The molecule has 1 nitrogen and oxygen atoms in total. The maximum absolute atomic E-state index is 10.6. The van der Waals surface area contributed by atoms with Gasteiger partial charge in [0.15, 0.2) is 0 Å². The van der Waals surface area contributed by atoms with Crippen LogP contribution in [-0.2, 0) is 4.79 Å². The van der Waals surface area contributed by atoms with Crippen LogP contribution in [0.4, 0.5) is 0 Å². The highest BCUT2D eigenvalue weighted by Crippen LogP contribution is 2.21. The molecule has 0 spiro atoms. The van der Waals surface area contributed by atoms with Gasteiger partial charge >= 0.3 is 0 Å². The Balaban J connectivity index is 3.42. The highest BCUT2D eigenvalue weighted by Gasteiger charge is 2.07. The summed E-state index contributed by atoms with van der Waals surface area (Å²) < 4.78 is 0. The minimum atomic E-state index is -0.189. The van der Waals surface area contributed by atoms with E-state index in [9.17, 15) is 4.79 Å². The smallest absolute Gasteiger partial charge is 0.221 e. The van der Waals surface area contributed by atoms with E-state index in [1.807, 2.05) is 0 Å². The third kappa shape index (κ3) is 14.2. The van der Waals surface area contributed by atoms with Gasteiger partial charge in [-0.15, -0.1) is 0 Å². The molecule has 0 saturated carbocycles. The van der Waals surface area contributed by atoms with E-state index in [4.69, 9.17) is 11.6 Å². The maximum atomic E-state index is 10.6. The lowest BCUT2D eigenvalue weighted by Gasteiger charge is -2.14. The zero-order valence-electron chi connectivity index (χ0n) is 13.4. The van der Waals surface area contributed by atoms with Gasteiger partial charge in [0.25, 0.3) is 0 Å². The Bertz CT molecular complexity index is 225. The average Bonchev–Trinajstić information content (AvgIpc) is 2.27. The quantitative estimate of drug-likeness (QED) is 0.391. The molecule has 0 N–H and O–H groups in total. The highest BCUT2D eigenvalue weighted by molar-refractivity contribution is 6.63. The Labute approximate surface area is 125 Å². The molecule has 0 aromatic heterocycles. The molecule has 0 heterocycles. The summed E-state index contributed by atoms with van der Waals surface area (Å²) in [7, 11) is 0. The minimum absolute atomic E-state index is 0.189. The second kappa shape index (κ2) is 11.8. The first-order valence-electron chi connectivity index (χ1n) is 8.10. The lowest BCUT2D eigenvalue weighted by atomic mass is 9.92. The molecule has 0 aromatic carbocycles. The number of hydrogen-bond donors (Lipinski definition) is 0. The van der Waals surface area contributed by atoms with Crippen LogP contribution in [0.2, 0.25) is 0 Å². The predicted molar refractivity (Wildman–Crippen MR) is 85.6 cm³/mol. The summed E-state index contributed by atoms with van der Waals surface area (Å²) in [6, 6.07) is 0. The van der Waals surface area contributed by atoms with E-state index >= 15 is 0 Å². The number of hydrogen-bond acceptors (Lipinski definition) is 1. The average molecular weight is 289 g/mol. The number of carbonyl (C=O) groups excluding carboxylic acids is 1. The van der Waals surface area contributed by atoms with Crippen LogP contribution >= 0.6 is 11.6 Å². The molecular formula is C17H33ClO. The summed E-state index contributed by atoms with van der Waals surface area (Å²) in [6.45, 7) is 9.29. The topological polar surface area (TPSA) is 17.1 Å². The Morgan fingerprint density at radius 3 is 1.63 bits per heavy atom. The molecule has 114 valence electrons. The third-order valence-corrected chi connectivity index (χ3v) is 4.13. The van der Waals surface area contributed by atoms with Crippen molar-refractivity contribution < 1.29 is 4.79 Å². The van der Waals surface area contributed by atoms with Gasteiger partial charge in [-0.25, -0.2) is 0 Å². The van der Waals surface area contributed by atoms with Gasteiger partial charge in [-0.1, -0.05) is 72.6 Å². The second-order valence-corrected chi connectivity index (χ2v) is 7.13. The maximum Gasteiger partial charge on any atom is 0.221 e. The fourth-order valence-corrected chi connectivity index (χ4v) is 2.70. The Kier molecular flexibility index (Phi) is 11.7. The van der Waals surface area contributed by atoms with E-state index in [0.29, 0.717) is 6.42 Å². The molecule has 0 aliphatic heterocycles. The summed E-state index contributed by atoms with van der Waals surface area (Å²) in [5, 5.41) is -0.189. The van der Waals surface area contributed by atoms with Crippen LogP contribution < -0.4 is 0 Å². The molecule has 0 bridgehead atoms. The molecule has 0 fully saturated rings. The standard InChI is InChI=1S/C17H33ClO/c1-14(2)8-5-9-15(3)10-6-11-16(4)12-7-13-17(18)19/h14-16H,5-13H2,1-4H3/t15-,16-/m1/s1. The van der Waals surface area contributed by atoms with Gasteiger partial charge in [-0.05, 0) is 35.8 Å². The lowest BCUT2D eigenvalue weighted by Crippen LogP contribution is -2.00. The fourth-order valence-electron chi connectivity index (χ4n) is 2.57. The monoisotopic (exact) mass is 288 g/mol. The van der Waals surface area contributed by atoms with Crippen molar-refractivity contribution in [1.82, 2.24) is 0 Å². The SMILES string of the molecule is CC(C)CCC[C@@H](C)CCC[C@@H](C)CCCC(=O)Cl. The van der Waals surface area contributed by atoms with Crippen molar-refractivity contribution in [3.8, 4) is 0 Å². The van der Waals surface area contributed by atoms with Crippen LogP contribution in [0.3, 0.4) is 0 Å². The second-order valence-electron chi connectivity index (χ2n) is 6.71. The molecule has 0 amide bonds. The first kappa shape index (κ1) is 19.0. The Hall–Kier alpha value is -0.0400. The summed E-state index contributed by atoms with van der Waals surface area (Å²) in [5.74, 6) is 2.45. The molecule has 2 atom stereocenters. The first-order valence-corrected chi connectivity index (χ1v) is 8.48. The van der Waals surface area contributed by atoms with Crippen molar-refractivity contribution in [2.24, 2.45) is 17.8 Å². The van der Waals surface area contributed by atoms with Gasteiger partial charge in [0, 0.05) is 6.42 Å². The van der Waals surface area contributed by atoms with E-state index in [1.54, 1.807) is 0 Å². The van der Waals surface area contributed by atoms with Crippen molar-refractivity contribution >= 4 is 16.8 Å². The molecule has 0 saturated heterocycles. The number of halogens is 1. The van der Waals surface area contributed by atoms with E-state index in [1.165, 1.54) is 38.5 Å². The normalized spacial score (nSPS) is 14.6. The van der Waals surface area contributed by atoms with E-state index in [2.05, 4.69) is 27.7 Å². The summed E-state index contributed by atoms with van der Waals surface area (Å²) in [5.41, 5.74) is 0. The zero-order chi connectivity index (χ0) is 14.7. The van der Waals surface area contributed by atoms with Gasteiger partial charge in [0.2, 0.25) is 5.24 Å². The highest BCUT2D eigenvalue weighted by atomic mass is 35.5. The molecule has 0 aromatic rings. The van der Waals surface area contributed by atoms with Crippen molar-refractivity contribution in [2.45, 2.75) is 85.5 Å². The van der Waals surface area contributed by atoms with Gasteiger partial charge in [-0.3, -0.25) is 4.79 Å². The molecule has 2 heteroatoms. The van der Waals surface area contributed by atoms with Gasteiger partial charge in [-0.2, -0.15) is 0 Å². The van der Waals surface area contributed by atoms with Crippen molar-refractivity contribution in [2.75, 3.05) is 0 Å². The van der Waals surface area contributed by atoms with Gasteiger partial charge in [0.05, 0.1) is 0 Å². The van der Waals surface area contributed by atoms with Gasteiger partial charge < -0.3 is 0 Å². The Morgan fingerprint density at radius 2 is 1.21 bits per heavy atom. The van der Waals surface area contributed by atoms with Gasteiger partial charge in [0.1, 0.15) is 0 Å². The molecule has 0 rings (SSSR count). The molecule has 19 heavy (non-hydrogen) atoms. The zero-order valence-corrected chi connectivity index (χ0v) is 14.1. The van der Waals surface area contributed by atoms with E-state index < -0.39 is 0 Å². The molecule has 0 aliphatic carbocycles. The molecule has 0 aliphatic rings. The molecule has 0 radical (unpaired) electrons. The van der Waals surface area contributed by atoms with Crippen molar-refractivity contribution in [3.05, 3.63) is 0 Å². The van der Waals surface area contributed by atoms with Crippen LogP contribution in [0.25, 0.3) is 0 Å². The lowest BCUT2D eigenvalue weighted by molar-refractivity contribution is -0.111. The van der Waals surface area contributed by atoms with Crippen LogP contribution in [0.1, 0.15) is 85.5 Å². The van der Waals surface area contributed by atoms with E-state index in [0.717, 1.165) is 30.6 Å². The van der Waals surface area contributed by atoms with Crippen LogP contribution in [0.5, 0.6) is 0 Å². The number of rotatable bonds is 12. The summed E-state index contributed by atoms with van der Waals surface area (Å²) in [4.78, 5) is 10.6. The molecular weight excluding hydrogens is 256 g/mol. The minimum Gasteiger partial charge on any atom is -0.281 e. The number of carbonyl (C=O) groups is 1. The predicted octanol–water partition coefficient (Wildman–Crippen LogP) is 6.19.